The van der Waals surface area contributed by atoms with Crippen molar-refractivity contribution >= 4 is 10.2 Å². The minimum Gasteiger partial charge on any atom is -0.330 e. The topological polar surface area (TPSA) is 26.0 Å². The van der Waals surface area contributed by atoms with Crippen molar-refractivity contribution < 1.29 is 0 Å². The van der Waals surface area contributed by atoms with Gasteiger partial charge in [0.2, 0.25) is 0 Å². The van der Waals surface area contributed by atoms with Gasteiger partial charge in [-0.15, -0.1) is 13.2 Å². The van der Waals surface area contributed by atoms with Crippen LogP contribution in [-0.2, 0) is 0 Å². The van der Waals surface area contributed by atoms with E-state index in [1.807, 2.05) is 12.2 Å². The highest BCUT2D eigenvalue weighted by atomic mass is 28.1. The Morgan fingerprint density at radius 2 is 1.75 bits per heavy atom. The fourth-order valence-corrected chi connectivity index (χ4v) is 2.76. The molecule has 1 nitrogen and oxygen atoms in total. The van der Waals surface area contributed by atoms with E-state index in [4.69, 9.17) is 5.73 Å². The van der Waals surface area contributed by atoms with Gasteiger partial charge >= 0.3 is 0 Å². The molecule has 0 amide bonds. The van der Waals surface area contributed by atoms with E-state index in [2.05, 4.69) is 13.2 Å². The minimum absolute atomic E-state index is 0.269. The zero-order valence-corrected chi connectivity index (χ0v) is 10.2. The average molecular weight is 183 g/mol. The van der Waals surface area contributed by atoms with Crippen molar-refractivity contribution in [3.8, 4) is 0 Å². The van der Waals surface area contributed by atoms with E-state index < -0.39 is 0 Å². The molecule has 70 valence electrons. The minimum atomic E-state index is 0.269. The Labute approximate surface area is 79.2 Å². The third-order valence-corrected chi connectivity index (χ3v) is 2.87. The number of allylic oxidation sites excluding steroid dienone is 2. The van der Waals surface area contributed by atoms with E-state index in [0.29, 0.717) is 0 Å². The predicted octanol–water partition coefficient (Wildman–Crippen LogP) is 1.26. The normalized spacial score (nSPS) is 11.4. The highest BCUT2D eigenvalue weighted by Gasteiger charge is 2.23. The molecular weight excluding hydrogens is 162 g/mol. The Morgan fingerprint density at radius 1 is 1.25 bits per heavy atom. The Hall–Kier alpha value is -0.343. The molecule has 0 saturated heterocycles. The van der Waals surface area contributed by atoms with Crippen molar-refractivity contribution in [1.82, 2.24) is 0 Å². The summed E-state index contributed by atoms with van der Waals surface area (Å²) >= 11 is 0. The number of nitrogens with two attached hydrogens (primary N) is 1. The van der Waals surface area contributed by atoms with Crippen LogP contribution >= 0.6 is 0 Å². The molecular formula is C10H21NSi. The van der Waals surface area contributed by atoms with Crippen molar-refractivity contribution in [2.75, 3.05) is 6.54 Å². The summed E-state index contributed by atoms with van der Waals surface area (Å²) in [4.78, 5) is 0. The molecule has 0 rings (SSSR count). The summed E-state index contributed by atoms with van der Waals surface area (Å²) in [6.07, 6.45) is 7.24. The second kappa shape index (κ2) is 6.20. The first kappa shape index (κ1) is 11.7. The number of rotatable bonds is 7. The Kier molecular flexibility index (Phi) is 6.03. The third-order valence-electron chi connectivity index (χ3n) is 2.37. The lowest BCUT2D eigenvalue weighted by Gasteiger charge is -2.30. The molecule has 0 bridgehead atoms. The fraction of sp³-hybridized carbons (Fsp3) is 0.600. The van der Waals surface area contributed by atoms with Gasteiger partial charge in [-0.05, 0) is 31.2 Å². The van der Waals surface area contributed by atoms with Crippen molar-refractivity contribution in [2.45, 2.75) is 25.3 Å². The molecule has 0 unspecified atom stereocenters. The molecule has 0 radical (unpaired) electrons. The highest BCUT2D eigenvalue weighted by Crippen LogP contribution is 2.31. The molecule has 0 aliphatic rings. The molecule has 2 N–H and O–H groups in total. The molecule has 0 aromatic heterocycles. The van der Waals surface area contributed by atoms with Crippen LogP contribution in [-0.4, -0.2) is 16.8 Å². The molecule has 0 atom stereocenters. The quantitative estimate of drug-likeness (QED) is 0.467. The Bertz CT molecular complexity index is 133. The molecule has 0 aromatic carbocycles. The largest absolute Gasteiger partial charge is 0.330 e. The molecule has 0 aromatic rings. The van der Waals surface area contributed by atoms with E-state index in [1.165, 1.54) is 22.7 Å². The smallest absolute Gasteiger partial charge is 0.00282 e. The fourth-order valence-electron chi connectivity index (χ4n) is 1.70. The Morgan fingerprint density at radius 3 is 2.00 bits per heavy atom. The second-order valence-electron chi connectivity index (χ2n) is 3.44. The molecule has 0 aliphatic carbocycles. The molecule has 0 heterocycles. The highest BCUT2D eigenvalue weighted by molar-refractivity contribution is 6.08. The lowest BCUT2D eigenvalue weighted by Crippen LogP contribution is -2.29. The summed E-state index contributed by atoms with van der Waals surface area (Å²) in [6, 6.07) is 1.32. The van der Waals surface area contributed by atoms with Crippen LogP contribution in [0.5, 0.6) is 0 Å². The zero-order chi connectivity index (χ0) is 9.45. The van der Waals surface area contributed by atoms with Crippen LogP contribution in [0.1, 0.15) is 19.3 Å². The standard InChI is InChI=1S/C10H21NSi/c1-3-5-10(9-11,6-4-2)7-8-12/h3-4H,1-2,5-9,11H2,12H3. The van der Waals surface area contributed by atoms with Gasteiger partial charge in [-0.3, -0.25) is 0 Å². The van der Waals surface area contributed by atoms with Gasteiger partial charge in [-0.1, -0.05) is 18.2 Å². The zero-order valence-electron chi connectivity index (χ0n) is 8.18. The van der Waals surface area contributed by atoms with Crippen LogP contribution in [0.4, 0.5) is 0 Å². The van der Waals surface area contributed by atoms with Gasteiger partial charge in [0.25, 0.3) is 0 Å². The summed E-state index contributed by atoms with van der Waals surface area (Å²) in [7, 11) is 1.26. The average Bonchev–Trinajstić information content (AvgIpc) is 2.06. The molecule has 0 saturated carbocycles. The maximum absolute atomic E-state index is 5.79. The van der Waals surface area contributed by atoms with Gasteiger partial charge < -0.3 is 5.73 Å². The van der Waals surface area contributed by atoms with Crippen LogP contribution < -0.4 is 5.73 Å². The lowest BCUT2D eigenvalue weighted by molar-refractivity contribution is 0.293. The van der Waals surface area contributed by atoms with Crippen molar-refractivity contribution in [3.63, 3.8) is 0 Å². The first-order valence-corrected chi connectivity index (χ1v) is 6.08. The monoisotopic (exact) mass is 183 g/mol. The van der Waals surface area contributed by atoms with E-state index in [1.54, 1.807) is 0 Å². The molecule has 0 aliphatic heterocycles. The predicted molar refractivity (Wildman–Crippen MR) is 60.5 cm³/mol. The van der Waals surface area contributed by atoms with Crippen LogP contribution in [0.2, 0.25) is 6.04 Å². The van der Waals surface area contributed by atoms with Crippen molar-refractivity contribution in [2.24, 2.45) is 11.1 Å². The van der Waals surface area contributed by atoms with Crippen LogP contribution in [0.3, 0.4) is 0 Å². The van der Waals surface area contributed by atoms with Crippen molar-refractivity contribution in [3.05, 3.63) is 25.3 Å². The third kappa shape index (κ3) is 3.37. The maximum Gasteiger partial charge on any atom is 0.00282 e. The molecule has 2 heteroatoms. The summed E-state index contributed by atoms with van der Waals surface area (Å²) in [5.74, 6) is 0. The number of hydrogen-bond donors (Lipinski definition) is 1. The van der Waals surface area contributed by atoms with E-state index >= 15 is 0 Å². The second-order valence-corrected chi connectivity index (χ2v) is 4.44. The maximum atomic E-state index is 5.79. The first-order chi connectivity index (χ1) is 5.74. The van der Waals surface area contributed by atoms with E-state index in [-0.39, 0.29) is 5.41 Å². The van der Waals surface area contributed by atoms with Gasteiger partial charge in [0.05, 0.1) is 0 Å². The van der Waals surface area contributed by atoms with E-state index in [9.17, 15) is 0 Å². The van der Waals surface area contributed by atoms with Gasteiger partial charge in [0.1, 0.15) is 0 Å². The van der Waals surface area contributed by atoms with E-state index in [0.717, 1.165) is 19.4 Å². The lowest BCUT2D eigenvalue weighted by atomic mass is 9.79. The van der Waals surface area contributed by atoms with Gasteiger partial charge in [-0.25, -0.2) is 0 Å². The van der Waals surface area contributed by atoms with Gasteiger partial charge in [0.15, 0.2) is 0 Å². The first-order valence-electron chi connectivity index (χ1n) is 4.66. The van der Waals surface area contributed by atoms with Crippen LogP contribution in [0.25, 0.3) is 0 Å². The summed E-state index contributed by atoms with van der Waals surface area (Å²) < 4.78 is 0. The summed E-state index contributed by atoms with van der Waals surface area (Å²) in [6.45, 7) is 8.32. The van der Waals surface area contributed by atoms with Crippen molar-refractivity contribution in [1.29, 1.82) is 0 Å². The van der Waals surface area contributed by atoms with Gasteiger partial charge in [0, 0.05) is 10.2 Å². The molecule has 12 heavy (non-hydrogen) atoms. The van der Waals surface area contributed by atoms with Crippen LogP contribution in [0, 0.1) is 5.41 Å². The van der Waals surface area contributed by atoms with Gasteiger partial charge in [-0.2, -0.15) is 0 Å². The Balaban J connectivity index is 4.25. The molecule has 0 spiro atoms. The van der Waals surface area contributed by atoms with Crippen LogP contribution in [0.15, 0.2) is 25.3 Å². The summed E-state index contributed by atoms with van der Waals surface area (Å²) in [5, 5.41) is 0. The molecule has 0 fully saturated rings. The SMILES string of the molecule is C=CCC(CN)(CC=C)CC[SiH3]. The number of hydrogen-bond acceptors (Lipinski definition) is 1. The summed E-state index contributed by atoms with van der Waals surface area (Å²) in [5.41, 5.74) is 6.05.